The van der Waals surface area contributed by atoms with Crippen molar-refractivity contribution in [3.8, 4) is 5.75 Å². The van der Waals surface area contributed by atoms with Gasteiger partial charge in [0, 0.05) is 30.9 Å². The Balaban J connectivity index is 2.23. The van der Waals surface area contributed by atoms with E-state index >= 15 is 0 Å². The Bertz CT molecular complexity index is 647. The third-order valence-electron chi connectivity index (χ3n) is 2.88. The van der Waals surface area contributed by atoms with Gasteiger partial charge in [-0.25, -0.2) is 4.79 Å². The van der Waals surface area contributed by atoms with E-state index in [1.54, 1.807) is 0 Å². The number of carbonyl (C=O) groups is 3. The van der Waals surface area contributed by atoms with Gasteiger partial charge in [0.15, 0.2) is 11.6 Å². The summed E-state index contributed by atoms with van der Waals surface area (Å²) in [6.45, 7) is 0. The quantitative estimate of drug-likeness (QED) is 0.483. The Labute approximate surface area is 101 Å². The zero-order chi connectivity index (χ0) is 12.8. The molecule has 0 aliphatic carbocycles. The van der Waals surface area contributed by atoms with Crippen molar-refractivity contribution in [2.75, 3.05) is 0 Å². The summed E-state index contributed by atoms with van der Waals surface area (Å²) in [6, 6.07) is 1.40. The van der Waals surface area contributed by atoms with Crippen LogP contribution in [0.25, 0.3) is 0 Å². The van der Waals surface area contributed by atoms with Crippen LogP contribution in [0.1, 0.15) is 10.4 Å². The molecule has 6 nitrogen and oxygen atoms in total. The molecule has 0 saturated heterocycles. The van der Waals surface area contributed by atoms with E-state index < -0.39 is 23.0 Å². The van der Waals surface area contributed by atoms with E-state index in [2.05, 4.69) is 9.98 Å². The summed E-state index contributed by atoms with van der Waals surface area (Å²) in [5.41, 5.74) is -1.88. The summed E-state index contributed by atoms with van der Waals surface area (Å²) in [4.78, 5) is 43.7. The molecule has 88 valence electrons. The maximum Gasteiger partial charge on any atom is 0.339 e. The van der Waals surface area contributed by atoms with Crippen molar-refractivity contribution in [1.82, 2.24) is 4.98 Å². The van der Waals surface area contributed by atoms with E-state index in [4.69, 9.17) is 4.74 Å². The topological polar surface area (TPSA) is 85.7 Å². The molecule has 0 bridgehead atoms. The largest absolute Gasteiger partial charge is 0.424 e. The number of allylic oxidation sites excluding steroid dienone is 1. The van der Waals surface area contributed by atoms with E-state index in [0.717, 1.165) is 12.3 Å². The van der Waals surface area contributed by atoms with Crippen LogP contribution in [0.3, 0.4) is 0 Å². The van der Waals surface area contributed by atoms with Crippen molar-refractivity contribution in [2.24, 2.45) is 10.4 Å². The summed E-state index contributed by atoms with van der Waals surface area (Å²) in [5, 5.41) is 0. The number of pyridine rings is 1. The van der Waals surface area contributed by atoms with Gasteiger partial charge in [0.05, 0.1) is 5.56 Å². The highest BCUT2D eigenvalue weighted by Gasteiger charge is 2.56. The van der Waals surface area contributed by atoms with E-state index in [0.29, 0.717) is 0 Å². The minimum Gasteiger partial charge on any atom is -0.424 e. The number of aliphatic imine (C=N–C) groups is 1. The van der Waals surface area contributed by atoms with E-state index in [9.17, 15) is 14.4 Å². The van der Waals surface area contributed by atoms with Crippen LogP contribution in [0.5, 0.6) is 5.75 Å². The van der Waals surface area contributed by atoms with Gasteiger partial charge in [-0.05, 0) is 6.07 Å². The molecule has 0 amide bonds. The van der Waals surface area contributed by atoms with Gasteiger partial charge in [-0.3, -0.25) is 19.6 Å². The van der Waals surface area contributed by atoms with Gasteiger partial charge in [-0.1, -0.05) is 0 Å². The Morgan fingerprint density at radius 3 is 2.83 bits per heavy atom. The Kier molecular flexibility index (Phi) is 2.00. The van der Waals surface area contributed by atoms with Crippen molar-refractivity contribution < 1.29 is 19.1 Å². The molecule has 1 atom stereocenters. The van der Waals surface area contributed by atoms with Crippen molar-refractivity contribution in [1.29, 1.82) is 0 Å². The number of rotatable bonds is 0. The SMILES string of the molecule is O=C1C=CN=CC12C(=O)Oc1ccncc1C2=O. The maximum atomic E-state index is 12.3. The van der Waals surface area contributed by atoms with Crippen LogP contribution in [-0.4, -0.2) is 28.7 Å². The normalized spacial score (nSPS) is 25.2. The van der Waals surface area contributed by atoms with E-state index in [1.165, 1.54) is 24.7 Å². The highest BCUT2D eigenvalue weighted by molar-refractivity contribution is 6.41. The molecule has 1 unspecified atom stereocenters. The molecule has 0 aromatic carbocycles. The molecule has 2 aliphatic heterocycles. The molecular formula is C12H6N2O4. The standard InChI is InChI=1S/C12H6N2O4/c15-9-2-4-14-6-12(9)10(16)7-5-13-3-1-8(7)18-11(12)17/h1-6H. The lowest BCUT2D eigenvalue weighted by molar-refractivity contribution is -0.144. The van der Waals surface area contributed by atoms with Gasteiger partial charge < -0.3 is 4.74 Å². The van der Waals surface area contributed by atoms with Crippen molar-refractivity contribution in [3.05, 3.63) is 36.3 Å². The molecule has 6 heteroatoms. The number of nitrogens with zero attached hydrogens (tertiary/aromatic N) is 2. The molecule has 18 heavy (non-hydrogen) atoms. The number of carbonyl (C=O) groups excluding carboxylic acids is 3. The molecule has 0 N–H and O–H groups in total. The Hall–Kier alpha value is -2.63. The van der Waals surface area contributed by atoms with Crippen LogP contribution in [0.2, 0.25) is 0 Å². The average molecular weight is 242 g/mol. The van der Waals surface area contributed by atoms with Crippen molar-refractivity contribution in [3.63, 3.8) is 0 Å². The second kappa shape index (κ2) is 3.43. The first-order valence-electron chi connectivity index (χ1n) is 5.12. The van der Waals surface area contributed by atoms with Gasteiger partial charge >= 0.3 is 5.97 Å². The molecule has 0 saturated carbocycles. The molecule has 3 heterocycles. The minimum absolute atomic E-state index is 0.104. The molecule has 2 aliphatic rings. The number of fused-ring (bicyclic) bond motifs is 1. The van der Waals surface area contributed by atoms with Gasteiger partial charge in [0.25, 0.3) is 0 Å². The third-order valence-corrected chi connectivity index (χ3v) is 2.88. The van der Waals surface area contributed by atoms with Crippen LogP contribution >= 0.6 is 0 Å². The average Bonchev–Trinajstić information content (AvgIpc) is 2.38. The number of ketones is 2. The monoisotopic (exact) mass is 242 g/mol. The third kappa shape index (κ3) is 1.14. The molecule has 1 aromatic heterocycles. The summed E-state index contributed by atoms with van der Waals surface area (Å²) in [5.74, 6) is -2.12. The first kappa shape index (κ1) is 10.5. The zero-order valence-corrected chi connectivity index (χ0v) is 8.99. The van der Waals surface area contributed by atoms with E-state index in [1.807, 2.05) is 0 Å². The fourth-order valence-electron chi connectivity index (χ4n) is 1.91. The highest BCUT2D eigenvalue weighted by Crippen LogP contribution is 2.35. The molecule has 1 aromatic rings. The van der Waals surface area contributed by atoms with Crippen molar-refractivity contribution in [2.45, 2.75) is 0 Å². The summed E-state index contributed by atoms with van der Waals surface area (Å²) in [7, 11) is 0. The van der Waals surface area contributed by atoms with Gasteiger partial charge in [0.2, 0.25) is 5.41 Å². The number of hydrogen-bond donors (Lipinski definition) is 0. The van der Waals surface area contributed by atoms with Crippen molar-refractivity contribution >= 4 is 23.8 Å². The fraction of sp³-hybridized carbons (Fsp3) is 0.0833. The second-order valence-electron chi connectivity index (χ2n) is 3.86. The first-order chi connectivity index (χ1) is 8.66. The molecule has 1 spiro atoms. The van der Waals surface area contributed by atoms with Crippen LogP contribution in [-0.2, 0) is 9.59 Å². The molecule has 0 radical (unpaired) electrons. The minimum atomic E-state index is -1.98. The summed E-state index contributed by atoms with van der Waals surface area (Å²) >= 11 is 0. The lowest BCUT2D eigenvalue weighted by atomic mass is 9.75. The second-order valence-corrected chi connectivity index (χ2v) is 3.86. The number of Topliss-reactive ketones (excluding diaryl/α,β-unsaturated/α-hetero) is 1. The predicted octanol–water partition coefficient (Wildman–Crippen LogP) is 0.337. The summed E-state index contributed by atoms with van der Waals surface area (Å²) < 4.78 is 5.02. The first-order valence-corrected chi connectivity index (χ1v) is 5.12. The van der Waals surface area contributed by atoms with Gasteiger partial charge in [-0.15, -0.1) is 0 Å². The highest BCUT2D eigenvalue weighted by atomic mass is 16.5. The number of aromatic nitrogens is 1. The van der Waals surface area contributed by atoms with Gasteiger partial charge in [0.1, 0.15) is 5.75 Å². The fourth-order valence-corrected chi connectivity index (χ4v) is 1.91. The molecule has 3 rings (SSSR count). The smallest absolute Gasteiger partial charge is 0.339 e. The number of hydrogen-bond acceptors (Lipinski definition) is 6. The predicted molar refractivity (Wildman–Crippen MR) is 59.3 cm³/mol. The summed E-state index contributed by atoms with van der Waals surface area (Å²) in [6.07, 6.45) is 6.00. The zero-order valence-electron chi connectivity index (χ0n) is 8.99. The van der Waals surface area contributed by atoms with Crippen LogP contribution < -0.4 is 4.74 Å². The van der Waals surface area contributed by atoms with Crippen LogP contribution in [0, 0.1) is 5.41 Å². The van der Waals surface area contributed by atoms with Crippen LogP contribution in [0.15, 0.2) is 35.7 Å². The molecular weight excluding hydrogens is 236 g/mol. The lowest BCUT2D eigenvalue weighted by Crippen LogP contribution is -2.52. The van der Waals surface area contributed by atoms with Gasteiger partial charge in [-0.2, -0.15) is 0 Å². The Morgan fingerprint density at radius 1 is 1.22 bits per heavy atom. The van der Waals surface area contributed by atoms with Crippen LogP contribution in [0.4, 0.5) is 0 Å². The maximum absolute atomic E-state index is 12.3. The Morgan fingerprint density at radius 2 is 2.06 bits per heavy atom. The lowest BCUT2D eigenvalue weighted by Gasteiger charge is -2.29. The molecule has 0 fully saturated rings. The van der Waals surface area contributed by atoms with E-state index in [-0.39, 0.29) is 11.3 Å². The number of ether oxygens (including phenoxy) is 1. The number of esters is 1.